The molecule has 24 heavy (non-hydrogen) atoms. The minimum Gasteiger partial charge on any atom is -0.489 e. The van der Waals surface area contributed by atoms with E-state index in [2.05, 4.69) is 15.6 Å². The molecule has 0 atom stereocenters. The van der Waals surface area contributed by atoms with E-state index in [-0.39, 0.29) is 12.4 Å². The number of nitrogens with one attached hydrogen (secondary N) is 2. The highest BCUT2D eigenvalue weighted by Crippen LogP contribution is 2.17. The fourth-order valence-electron chi connectivity index (χ4n) is 2.00. The molecule has 5 nitrogen and oxygen atoms in total. The lowest BCUT2D eigenvalue weighted by Crippen LogP contribution is -2.39. The third-order valence-corrected chi connectivity index (χ3v) is 3.10. The van der Waals surface area contributed by atoms with Crippen LogP contribution < -0.4 is 15.4 Å². The van der Waals surface area contributed by atoms with Crippen LogP contribution in [-0.4, -0.2) is 32.2 Å². The highest BCUT2D eigenvalue weighted by Gasteiger charge is 2.05. The van der Waals surface area contributed by atoms with Crippen molar-refractivity contribution in [3.8, 4) is 5.75 Å². The summed E-state index contributed by atoms with van der Waals surface area (Å²) in [4.78, 5) is 4.42. The van der Waals surface area contributed by atoms with Crippen LogP contribution in [-0.2, 0) is 6.42 Å². The molecule has 0 fully saturated rings. The Balaban J connectivity index is 1.74. The molecule has 2 N–H and O–H groups in total. The van der Waals surface area contributed by atoms with Crippen LogP contribution in [0.1, 0.15) is 12.7 Å². The van der Waals surface area contributed by atoms with Crippen molar-refractivity contribution >= 4 is 5.96 Å². The fraction of sp³-hybridized carbons (Fsp3) is 0.353. The van der Waals surface area contributed by atoms with Crippen LogP contribution in [0.5, 0.6) is 5.75 Å². The number of benzene rings is 1. The molecule has 0 saturated carbocycles. The van der Waals surface area contributed by atoms with Crippen molar-refractivity contribution in [2.75, 3.05) is 26.2 Å². The topological polar surface area (TPSA) is 58.8 Å². The molecule has 7 heteroatoms. The maximum absolute atomic E-state index is 13.4. The lowest BCUT2D eigenvalue weighted by Gasteiger charge is -2.12. The molecule has 0 saturated heterocycles. The number of ether oxygens (including phenoxy) is 1. The Morgan fingerprint density at radius 1 is 1.25 bits per heavy atom. The average Bonchev–Trinajstić information content (AvgIpc) is 3.06. The van der Waals surface area contributed by atoms with Gasteiger partial charge in [-0.05, 0) is 31.2 Å². The molecule has 0 amide bonds. The van der Waals surface area contributed by atoms with E-state index in [1.165, 1.54) is 6.07 Å². The average molecular weight is 337 g/mol. The van der Waals surface area contributed by atoms with Crippen LogP contribution in [0.25, 0.3) is 0 Å². The first-order valence-corrected chi connectivity index (χ1v) is 7.81. The quantitative estimate of drug-likeness (QED) is 0.442. The zero-order valence-electron chi connectivity index (χ0n) is 13.5. The van der Waals surface area contributed by atoms with Crippen molar-refractivity contribution in [3.63, 3.8) is 0 Å². The Kier molecular flexibility index (Phi) is 7.07. The maximum Gasteiger partial charge on any atom is 0.191 e. The molecule has 0 spiro atoms. The van der Waals surface area contributed by atoms with Gasteiger partial charge in [0.2, 0.25) is 0 Å². The number of hydrogen-bond donors (Lipinski definition) is 2. The molecule has 0 bridgehead atoms. The predicted molar refractivity (Wildman–Crippen MR) is 88.2 cm³/mol. The first-order valence-electron chi connectivity index (χ1n) is 7.81. The first-order chi connectivity index (χ1) is 11.7. The second-order valence-corrected chi connectivity index (χ2v) is 4.94. The second-order valence-electron chi connectivity index (χ2n) is 4.94. The Labute approximate surface area is 139 Å². The number of furan rings is 1. The molecule has 0 radical (unpaired) electrons. The van der Waals surface area contributed by atoms with Crippen LogP contribution >= 0.6 is 0 Å². The van der Waals surface area contributed by atoms with Gasteiger partial charge in [-0.25, -0.2) is 8.78 Å². The van der Waals surface area contributed by atoms with Crippen LogP contribution in [0.3, 0.4) is 0 Å². The van der Waals surface area contributed by atoms with E-state index in [0.29, 0.717) is 25.5 Å². The summed E-state index contributed by atoms with van der Waals surface area (Å²) >= 11 is 0. The van der Waals surface area contributed by atoms with Gasteiger partial charge in [0.1, 0.15) is 18.2 Å². The van der Waals surface area contributed by atoms with Crippen LogP contribution in [0.2, 0.25) is 0 Å². The van der Waals surface area contributed by atoms with E-state index in [4.69, 9.17) is 9.15 Å². The van der Waals surface area contributed by atoms with Crippen molar-refractivity contribution < 1.29 is 17.9 Å². The normalized spacial score (nSPS) is 11.4. The molecule has 0 aliphatic heterocycles. The summed E-state index contributed by atoms with van der Waals surface area (Å²) in [5.41, 5.74) is 0. The fourth-order valence-corrected chi connectivity index (χ4v) is 2.00. The third kappa shape index (κ3) is 5.91. The van der Waals surface area contributed by atoms with E-state index >= 15 is 0 Å². The lowest BCUT2D eigenvalue weighted by atomic mass is 10.3. The van der Waals surface area contributed by atoms with Crippen LogP contribution in [0, 0.1) is 11.6 Å². The SMILES string of the molecule is CCNC(=NCCc1ccco1)NCCOc1ccc(F)cc1F. The molecule has 1 aromatic heterocycles. The summed E-state index contributed by atoms with van der Waals surface area (Å²) in [7, 11) is 0. The molecule has 1 aromatic carbocycles. The highest BCUT2D eigenvalue weighted by molar-refractivity contribution is 5.79. The van der Waals surface area contributed by atoms with Gasteiger partial charge in [-0.3, -0.25) is 4.99 Å². The Bertz CT molecular complexity index is 645. The Morgan fingerprint density at radius 3 is 2.83 bits per heavy atom. The number of hydrogen-bond acceptors (Lipinski definition) is 3. The Morgan fingerprint density at radius 2 is 2.12 bits per heavy atom. The van der Waals surface area contributed by atoms with E-state index in [9.17, 15) is 8.78 Å². The van der Waals surface area contributed by atoms with E-state index in [0.717, 1.165) is 24.4 Å². The van der Waals surface area contributed by atoms with Crippen molar-refractivity contribution in [1.82, 2.24) is 10.6 Å². The van der Waals surface area contributed by atoms with Gasteiger partial charge in [0, 0.05) is 25.6 Å². The van der Waals surface area contributed by atoms with Gasteiger partial charge in [0.15, 0.2) is 17.5 Å². The Hall–Kier alpha value is -2.57. The largest absolute Gasteiger partial charge is 0.489 e. The molecule has 0 aliphatic rings. The van der Waals surface area contributed by atoms with Crippen molar-refractivity contribution in [2.24, 2.45) is 4.99 Å². The summed E-state index contributed by atoms with van der Waals surface area (Å²) < 4.78 is 36.8. The summed E-state index contributed by atoms with van der Waals surface area (Å²) in [6, 6.07) is 6.97. The molecular weight excluding hydrogens is 316 g/mol. The molecule has 130 valence electrons. The number of nitrogens with zero attached hydrogens (tertiary/aromatic N) is 1. The summed E-state index contributed by atoms with van der Waals surface area (Å²) in [6.07, 6.45) is 2.34. The van der Waals surface area contributed by atoms with E-state index < -0.39 is 11.6 Å². The standard InChI is InChI=1S/C17H21F2N3O2/c1-2-20-17(21-8-7-14-4-3-10-23-14)22-9-11-24-16-6-5-13(18)12-15(16)19/h3-6,10,12H,2,7-9,11H2,1H3,(H2,20,21,22). The zero-order valence-corrected chi connectivity index (χ0v) is 13.5. The summed E-state index contributed by atoms with van der Waals surface area (Å²) in [6.45, 7) is 3.93. The molecule has 2 aromatic rings. The number of halogens is 2. The van der Waals surface area contributed by atoms with Gasteiger partial charge in [-0.1, -0.05) is 0 Å². The van der Waals surface area contributed by atoms with Crippen LogP contribution in [0.15, 0.2) is 46.0 Å². The van der Waals surface area contributed by atoms with Gasteiger partial charge in [0.05, 0.1) is 12.8 Å². The van der Waals surface area contributed by atoms with Gasteiger partial charge in [-0.15, -0.1) is 0 Å². The first kappa shape index (κ1) is 17.8. The molecule has 0 aliphatic carbocycles. The van der Waals surface area contributed by atoms with Crippen molar-refractivity contribution in [1.29, 1.82) is 0 Å². The predicted octanol–water partition coefficient (Wildman–Crippen LogP) is 2.73. The molecule has 2 rings (SSSR count). The summed E-state index contributed by atoms with van der Waals surface area (Å²) in [5.74, 6) is 0.208. The van der Waals surface area contributed by atoms with E-state index in [1.54, 1.807) is 6.26 Å². The van der Waals surface area contributed by atoms with Crippen molar-refractivity contribution in [2.45, 2.75) is 13.3 Å². The number of guanidine groups is 1. The van der Waals surface area contributed by atoms with Crippen molar-refractivity contribution in [3.05, 3.63) is 54.0 Å². The van der Waals surface area contributed by atoms with Gasteiger partial charge < -0.3 is 19.8 Å². The minimum absolute atomic E-state index is 0.0259. The maximum atomic E-state index is 13.4. The van der Waals surface area contributed by atoms with Gasteiger partial charge >= 0.3 is 0 Å². The van der Waals surface area contributed by atoms with Crippen LogP contribution in [0.4, 0.5) is 8.78 Å². The van der Waals surface area contributed by atoms with E-state index in [1.807, 2.05) is 19.1 Å². The minimum atomic E-state index is -0.714. The lowest BCUT2D eigenvalue weighted by molar-refractivity contribution is 0.304. The number of aliphatic imine (C=N–C) groups is 1. The molecular formula is C17H21F2N3O2. The third-order valence-electron chi connectivity index (χ3n) is 3.10. The van der Waals surface area contributed by atoms with Gasteiger partial charge in [-0.2, -0.15) is 0 Å². The zero-order chi connectivity index (χ0) is 17.2. The molecule has 1 heterocycles. The molecule has 0 unspecified atom stereocenters. The second kappa shape index (κ2) is 9.54. The summed E-state index contributed by atoms with van der Waals surface area (Å²) in [5, 5.41) is 6.20. The monoisotopic (exact) mass is 337 g/mol. The van der Waals surface area contributed by atoms with Gasteiger partial charge in [0.25, 0.3) is 0 Å². The number of rotatable bonds is 8. The highest BCUT2D eigenvalue weighted by atomic mass is 19.1. The smallest absolute Gasteiger partial charge is 0.191 e.